The Morgan fingerprint density at radius 2 is 1.84 bits per heavy atom. The van der Waals surface area contributed by atoms with Crippen LogP contribution in [0.1, 0.15) is 42.6 Å². The lowest BCUT2D eigenvalue weighted by Crippen LogP contribution is -2.13. The molecule has 4 N–H and O–H groups in total. The summed E-state index contributed by atoms with van der Waals surface area (Å²) >= 11 is 0. The van der Waals surface area contributed by atoms with Crippen LogP contribution in [-0.4, -0.2) is 27.9 Å². The molecule has 1 aliphatic carbocycles. The third-order valence-electron chi connectivity index (χ3n) is 6.19. The monoisotopic (exact) mass is 450 g/mol. The van der Waals surface area contributed by atoms with Crippen LogP contribution in [0.3, 0.4) is 0 Å². The number of unbranched alkanes of at least 4 members (excludes halogenated alkanes) is 1. The maximum Gasteiger partial charge on any atom is 0.240 e. The average molecular weight is 451 g/mol. The normalized spacial score (nSPS) is 14.2. The second-order valence-corrected chi connectivity index (χ2v) is 9.93. The summed E-state index contributed by atoms with van der Waals surface area (Å²) in [7, 11) is -3.82. The number of sulfonamides is 1. The Morgan fingerprint density at radius 3 is 2.69 bits per heavy atom. The number of benzene rings is 1. The molecule has 0 spiro atoms. The lowest BCUT2D eigenvalue weighted by Gasteiger charge is -2.17. The Bertz CT molecular complexity index is 1430. The summed E-state index contributed by atoms with van der Waals surface area (Å²) in [5.41, 5.74) is 11.8. The Labute approximate surface area is 186 Å². The van der Waals surface area contributed by atoms with Gasteiger partial charge in [-0.15, -0.1) is 0 Å². The van der Waals surface area contributed by atoms with Crippen molar-refractivity contribution in [3.8, 4) is 0 Å². The van der Waals surface area contributed by atoms with Crippen molar-refractivity contribution >= 4 is 37.8 Å². The van der Waals surface area contributed by atoms with E-state index in [9.17, 15) is 8.42 Å². The van der Waals surface area contributed by atoms with Gasteiger partial charge in [0.25, 0.3) is 0 Å². The molecule has 8 nitrogen and oxygen atoms in total. The number of pyridine rings is 2. The molecule has 0 fully saturated rings. The van der Waals surface area contributed by atoms with Gasteiger partial charge in [-0.05, 0) is 62.6 Å². The summed E-state index contributed by atoms with van der Waals surface area (Å²) in [6, 6.07) is 8.87. The first kappa shape index (κ1) is 20.8. The van der Waals surface area contributed by atoms with Gasteiger partial charge in [0.2, 0.25) is 10.0 Å². The first-order valence-electron chi connectivity index (χ1n) is 11.0. The molecular weight excluding hydrogens is 424 g/mol. The molecule has 3 heterocycles. The smallest absolute Gasteiger partial charge is 0.240 e. The predicted molar refractivity (Wildman–Crippen MR) is 125 cm³/mol. The Hall–Kier alpha value is -3.04. The van der Waals surface area contributed by atoms with E-state index < -0.39 is 10.0 Å². The molecule has 0 bridgehead atoms. The van der Waals surface area contributed by atoms with E-state index in [2.05, 4.69) is 19.5 Å². The number of imidazole rings is 1. The van der Waals surface area contributed by atoms with Crippen LogP contribution in [0.5, 0.6) is 0 Å². The predicted octanol–water partition coefficient (Wildman–Crippen LogP) is 3.11. The topological polar surface area (TPSA) is 130 Å². The number of hydrogen-bond acceptors (Lipinski definition) is 6. The summed E-state index contributed by atoms with van der Waals surface area (Å²) in [5, 5.41) is 6.13. The minimum Gasteiger partial charge on any atom is -0.382 e. The number of nitrogens with zero attached hydrogens (tertiary/aromatic N) is 4. The molecule has 0 radical (unpaired) electrons. The number of nitrogen functional groups attached to an aromatic ring is 1. The number of rotatable bonds is 6. The van der Waals surface area contributed by atoms with E-state index in [1.54, 1.807) is 6.07 Å². The number of para-hydroxylation sites is 1. The van der Waals surface area contributed by atoms with Gasteiger partial charge >= 0.3 is 0 Å². The summed E-state index contributed by atoms with van der Waals surface area (Å²) in [6.07, 6.45) is 8.82. The molecule has 32 heavy (non-hydrogen) atoms. The van der Waals surface area contributed by atoms with E-state index in [0.717, 1.165) is 72.9 Å². The van der Waals surface area contributed by atoms with Crippen molar-refractivity contribution in [2.24, 2.45) is 5.14 Å². The Morgan fingerprint density at radius 1 is 1.00 bits per heavy atom. The second kappa shape index (κ2) is 8.14. The van der Waals surface area contributed by atoms with E-state index >= 15 is 0 Å². The molecule has 9 heteroatoms. The van der Waals surface area contributed by atoms with E-state index in [1.807, 2.05) is 24.5 Å². The maximum absolute atomic E-state index is 11.9. The van der Waals surface area contributed by atoms with E-state index in [0.29, 0.717) is 11.3 Å². The molecule has 3 aromatic heterocycles. The van der Waals surface area contributed by atoms with Crippen LogP contribution < -0.4 is 10.9 Å². The van der Waals surface area contributed by atoms with Crippen LogP contribution in [0.2, 0.25) is 0 Å². The molecule has 166 valence electrons. The van der Waals surface area contributed by atoms with Crippen molar-refractivity contribution < 1.29 is 8.42 Å². The average Bonchev–Trinajstić information content (AvgIpc) is 3.20. The van der Waals surface area contributed by atoms with Gasteiger partial charge in [-0.3, -0.25) is 4.98 Å². The molecule has 1 aromatic carbocycles. The van der Waals surface area contributed by atoms with Gasteiger partial charge in [-0.1, -0.05) is 18.2 Å². The molecule has 1 aliphatic rings. The summed E-state index contributed by atoms with van der Waals surface area (Å²) in [6.45, 7) is 0.836. The second-order valence-electron chi connectivity index (χ2n) is 8.40. The fourth-order valence-electron chi connectivity index (χ4n) is 4.64. The van der Waals surface area contributed by atoms with E-state index in [4.69, 9.17) is 10.9 Å². The molecule has 0 aliphatic heterocycles. The summed E-state index contributed by atoms with van der Waals surface area (Å²) in [5.74, 6) is 0.519. The zero-order valence-corrected chi connectivity index (χ0v) is 18.6. The quantitative estimate of drug-likeness (QED) is 0.434. The number of anilines is 1. The molecular formula is C23H26N6O2S. The lowest BCUT2D eigenvalue weighted by molar-refractivity contribution is 0.598. The third-order valence-corrected chi connectivity index (χ3v) is 7.13. The van der Waals surface area contributed by atoms with Crippen LogP contribution in [0.4, 0.5) is 5.82 Å². The number of nitrogens with two attached hydrogens (primary N) is 2. The lowest BCUT2D eigenvalue weighted by atomic mass is 9.95. The molecule has 0 saturated carbocycles. The highest BCUT2D eigenvalue weighted by atomic mass is 32.2. The molecule has 4 aromatic rings. The minimum absolute atomic E-state index is 0.0673. The van der Waals surface area contributed by atoms with Crippen molar-refractivity contribution in [3.63, 3.8) is 0 Å². The Balaban J connectivity index is 1.32. The van der Waals surface area contributed by atoms with Crippen LogP contribution in [0.15, 0.2) is 41.6 Å². The zero-order chi connectivity index (χ0) is 22.3. The highest BCUT2D eigenvalue weighted by Crippen LogP contribution is 2.30. The zero-order valence-electron chi connectivity index (χ0n) is 17.8. The number of aryl methyl sites for hydroxylation is 4. The van der Waals surface area contributed by atoms with Gasteiger partial charge in [-0.2, -0.15) is 0 Å². The van der Waals surface area contributed by atoms with Crippen LogP contribution in [0, 0.1) is 0 Å². The van der Waals surface area contributed by atoms with Crippen LogP contribution in [-0.2, 0) is 35.8 Å². The van der Waals surface area contributed by atoms with Gasteiger partial charge in [0, 0.05) is 23.3 Å². The van der Waals surface area contributed by atoms with Gasteiger partial charge in [-0.25, -0.2) is 23.5 Å². The van der Waals surface area contributed by atoms with E-state index in [1.165, 1.54) is 18.1 Å². The van der Waals surface area contributed by atoms with Gasteiger partial charge in [0.1, 0.15) is 10.4 Å². The van der Waals surface area contributed by atoms with Crippen molar-refractivity contribution in [2.45, 2.75) is 56.4 Å². The number of aromatic nitrogens is 4. The first-order valence-corrected chi connectivity index (χ1v) is 12.5. The van der Waals surface area contributed by atoms with Crippen molar-refractivity contribution in [1.82, 2.24) is 19.5 Å². The molecule has 0 atom stereocenters. The fraction of sp³-hybridized carbons (Fsp3) is 0.348. The van der Waals surface area contributed by atoms with Crippen LogP contribution in [0.25, 0.3) is 21.9 Å². The molecule has 5 rings (SSSR count). The summed E-state index contributed by atoms with van der Waals surface area (Å²) < 4.78 is 26.0. The third kappa shape index (κ3) is 3.82. The number of fused-ring (bicyclic) bond motifs is 4. The largest absolute Gasteiger partial charge is 0.382 e. The first-order chi connectivity index (χ1) is 15.4. The highest BCUT2D eigenvalue weighted by Gasteiger charge is 2.20. The number of hydrogen-bond donors (Lipinski definition) is 2. The van der Waals surface area contributed by atoms with Gasteiger partial charge in [0.15, 0.2) is 5.82 Å². The SMILES string of the molecule is Nc1nc2c(c3c1ncn3CCCCc1ccc3cccc(S(N)(=O)=O)c3n1)CCCC2. The van der Waals surface area contributed by atoms with Crippen molar-refractivity contribution in [3.05, 3.63) is 53.6 Å². The van der Waals surface area contributed by atoms with Gasteiger partial charge in [0.05, 0.1) is 17.4 Å². The Kier molecular flexibility index (Phi) is 5.30. The molecule has 0 saturated heterocycles. The maximum atomic E-state index is 11.9. The van der Waals surface area contributed by atoms with Crippen LogP contribution >= 0.6 is 0 Å². The van der Waals surface area contributed by atoms with Crippen molar-refractivity contribution in [1.29, 1.82) is 0 Å². The standard InChI is InChI=1S/C23H26N6O2S/c24-23-21-22(17-8-1-2-9-18(17)28-23)29(14-26-21)13-4-3-7-16-12-11-15-6-5-10-19(20(15)27-16)32(25,30)31/h5-6,10-12,14H,1-4,7-9,13H2,(H2,24,28)(H2,25,30,31). The molecule has 0 unspecified atom stereocenters. The molecule has 0 amide bonds. The highest BCUT2D eigenvalue weighted by molar-refractivity contribution is 7.89. The van der Waals surface area contributed by atoms with E-state index in [-0.39, 0.29) is 4.90 Å². The van der Waals surface area contributed by atoms with Crippen molar-refractivity contribution in [2.75, 3.05) is 5.73 Å². The summed E-state index contributed by atoms with van der Waals surface area (Å²) in [4.78, 5) is 13.8. The van der Waals surface area contributed by atoms with Gasteiger partial charge < -0.3 is 10.3 Å². The number of primary sulfonamides is 1. The fourth-order valence-corrected chi connectivity index (χ4v) is 5.34. The minimum atomic E-state index is -3.82.